The lowest BCUT2D eigenvalue weighted by Gasteiger charge is -2.15. The molecule has 0 N–H and O–H groups in total. The van der Waals surface area contributed by atoms with Gasteiger partial charge in [-0.1, -0.05) is 0 Å². The second-order valence-electron chi connectivity index (χ2n) is 0.224. The van der Waals surface area contributed by atoms with Gasteiger partial charge in [-0.15, -0.1) is 8.60 Å². The fourth-order valence-corrected chi connectivity index (χ4v) is 0. The number of hydrogen-bond donors (Lipinski definition) is 0. The lowest BCUT2D eigenvalue weighted by Crippen LogP contribution is -2.03. The van der Waals surface area contributed by atoms with Gasteiger partial charge in [-0.3, -0.25) is 0 Å². The molecule has 0 fully saturated rings. The molecule has 0 bridgehead atoms. The van der Waals surface area contributed by atoms with Crippen molar-refractivity contribution in [1.82, 2.24) is 0 Å². The van der Waals surface area contributed by atoms with E-state index in [2.05, 4.69) is 0 Å². The van der Waals surface area contributed by atoms with Crippen molar-refractivity contribution in [2.24, 2.45) is 0 Å². The predicted molar refractivity (Wildman–Crippen MR) is 7.61 cm³/mol. The Balaban J connectivity index is 2.32. The second kappa shape index (κ2) is 1.61. The molecule has 0 aliphatic rings. The van der Waals surface area contributed by atoms with E-state index in [-0.39, 0.29) is 0 Å². The van der Waals surface area contributed by atoms with E-state index in [9.17, 15) is 0 Å². The topological polar surface area (TPSA) is 66.0 Å². The first kappa shape index (κ1) is 4.31. The van der Waals surface area contributed by atoms with Gasteiger partial charge in [0.05, 0.1) is 0 Å². The van der Waals surface area contributed by atoms with E-state index in [0.717, 1.165) is 0 Å². The van der Waals surface area contributed by atoms with Crippen molar-refractivity contribution in [3.8, 4) is 0 Å². The summed E-state index contributed by atoms with van der Waals surface area (Å²) in [4.78, 5) is 25.4. The molecule has 3 nitrogen and oxygen atoms in total. The molecule has 0 aromatic heterocycles. The average Bonchev–Trinajstić information content (AvgIpc) is 0.811. The Hall–Kier alpha value is 0.310. The van der Waals surface area contributed by atoms with Crippen LogP contribution in [0, 0.1) is 0 Å². The maximum absolute atomic E-state index is 8.48. The summed E-state index contributed by atoms with van der Waals surface area (Å²) in [5.74, 6) is 0. The van der Waals surface area contributed by atoms with E-state index in [4.69, 9.17) is 14.7 Å². The molecular formula is O3P-2. The Bertz CT molecular complexity index is 8.00. The van der Waals surface area contributed by atoms with Crippen LogP contribution >= 0.6 is 8.60 Å². The molecule has 1 radical (unpaired) electrons. The summed E-state index contributed by atoms with van der Waals surface area (Å²) in [5.41, 5.74) is 0. The van der Waals surface area contributed by atoms with E-state index < -0.39 is 8.60 Å². The Kier molecular flexibility index (Phi) is 1.74. The summed E-state index contributed by atoms with van der Waals surface area (Å²) in [6.45, 7) is 0. The van der Waals surface area contributed by atoms with Gasteiger partial charge in [-0.25, -0.2) is 4.89 Å². The quantitative estimate of drug-likeness (QED) is 0.327. The first-order valence-corrected chi connectivity index (χ1v) is 1.64. The Labute approximate surface area is 24.5 Å². The van der Waals surface area contributed by atoms with E-state index >= 15 is 0 Å². The fraction of sp³-hybridized carbons (Fsp3) is 0. The third-order valence-electron chi connectivity index (χ3n) is 0. The van der Waals surface area contributed by atoms with Crippen LogP contribution in [0.25, 0.3) is 0 Å². The molecule has 0 saturated carbocycles. The van der Waals surface area contributed by atoms with E-state index in [0.29, 0.717) is 0 Å². The third kappa shape index (κ3) is 41.3. The van der Waals surface area contributed by atoms with E-state index in [1.165, 1.54) is 0 Å². The Morgan fingerprint density at radius 2 is 1.50 bits per heavy atom. The van der Waals surface area contributed by atoms with Gasteiger partial charge in [0.15, 0.2) is 0 Å². The first-order valence-electron chi connectivity index (χ1n) is 0.548. The lowest BCUT2D eigenvalue weighted by molar-refractivity contribution is -0.319. The second-order valence-corrected chi connectivity index (χ2v) is 0.671. The predicted octanol–water partition coefficient (Wildman–Crippen LogP) is -1.64. The zero-order chi connectivity index (χ0) is 3.58. The highest BCUT2D eigenvalue weighted by Gasteiger charge is 1.40. The van der Waals surface area contributed by atoms with Crippen LogP contribution in [0.3, 0.4) is 0 Å². The van der Waals surface area contributed by atoms with Gasteiger partial charge in [-0.05, 0) is 0 Å². The molecule has 0 aliphatic heterocycles. The molecule has 4 heteroatoms. The van der Waals surface area contributed by atoms with Crippen molar-refractivity contribution < 1.29 is 14.7 Å². The van der Waals surface area contributed by atoms with E-state index in [1.807, 2.05) is 0 Å². The van der Waals surface area contributed by atoms with Crippen molar-refractivity contribution in [1.29, 1.82) is 0 Å². The molecule has 0 atom stereocenters. The summed E-state index contributed by atoms with van der Waals surface area (Å²) >= 11 is 0. The van der Waals surface area contributed by atoms with Gasteiger partial charge in [-0.2, -0.15) is 0 Å². The summed E-state index contributed by atoms with van der Waals surface area (Å²) in [5, 5.41) is 0. The maximum atomic E-state index is 8.48. The molecule has 4 heavy (non-hydrogen) atoms. The van der Waals surface area contributed by atoms with Gasteiger partial charge >= 0.3 is 0 Å². The number of rotatable bonds is 0. The van der Waals surface area contributed by atoms with Crippen molar-refractivity contribution in [2.75, 3.05) is 0 Å². The molecule has 0 aliphatic carbocycles. The molecule has 0 saturated heterocycles. The van der Waals surface area contributed by atoms with Gasteiger partial charge in [0.2, 0.25) is 0 Å². The monoisotopic (exact) mass is 79.0 g/mol. The molecule has 0 aromatic carbocycles. The smallest absolute Gasteiger partial charge is 0.116 e. The van der Waals surface area contributed by atoms with Crippen molar-refractivity contribution >= 4 is 8.60 Å². The molecule has 0 spiro atoms. The van der Waals surface area contributed by atoms with Crippen LogP contribution in [0.4, 0.5) is 0 Å². The van der Waals surface area contributed by atoms with Crippen LogP contribution in [-0.2, 0) is 4.89 Å². The fourth-order valence-electron chi connectivity index (χ4n) is 0. The van der Waals surface area contributed by atoms with Crippen LogP contribution in [0.1, 0.15) is 0 Å². The minimum Gasteiger partial charge on any atom is -0.818 e. The molecule has 0 unspecified atom stereocenters. The van der Waals surface area contributed by atoms with Crippen LogP contribution in [0.15, 0.2) is 0 Å². The van der Waals surface area contributed by atoms with Crippen molar-refractivity contribution in [2.45, 2.75) is 0 Å². The normalized spacial score (nSPS) is 9.00. The van der Waals surface area contributed by atoms with Crippen LogP contribution in [-0.4, -0.2) is 0 Å². The molecule has 0 amide bonds. The van der Waals surface area contributed by atoms with Gasteiger partial charge in [0.25, 0.3) is 0 Å². The molecule has 25 valence electrons. The highest BCUT2D eigenvalue weighted by atomic mass is 31.2. The third-order valence-corrected chi connectivity index (χ3v) is 0. The van der Waals surface area contributed by atoms with Crippen LogP contribution in [0.5, 0.6) is 0 Å². The van der Waals surface area contributed by atoms with Gasteiger partial charge < -0.3 is 9.79 Å². The van der Waals surface area contributed by atoms with Gasteiger partial charge in [0, 0.05) is 0 Å². The zero-order valence-electron chi connectivity index (χ0n) is 1.67. The molecule has 0 heterocycles. The summed E-state index contributed by atoms with van der Waals surface area (Å²) < 4.78 is 0. The Morgan fingerprint density at radius 3 is 1.50 bits per heavy atom. The summed E-state index contributed by atoms with van der Waals surface area (Å²) in [6.07, 6.45) is 0. The van der Waals surface area contributed by atoms with Gasteiger partial charge in [0.1, 0.15) is 0 Å². The van der Waals surface area contributed by atoms with E-state index in [1.54, 1.807) is 0 Å². The summed E-state index contributed by atoms with van der Waals surface area (Å²) in [6, 6.07) is 0. The number of hydrogen-bond acceptors (Lipinski definition) is 2. The van der Waals surface area contributed by atoms with Crippen molar-refractivity contribution in [3.63, 3.8) is 0 Å². The largest absolute Gasteiger partial charge is 0.818 e. The minimum absolute atomic E-state index is 3.37. The molecular weight excluding hydrogens is 79.0 g/mol. The standard InChI is InChI=1S/O3P/c1-4(2)3/q-2. The van der Waals surface area contributed by atoms with Crippen molar-refractivity contribution in [3.05, 3.63) is 0 Å². The lowest BCUT2D eigenvalue weighted by atomic mass is 15.8. The SMILES string of the molecule is [O]P([O-])[O-]. The highest BCUT2D eigenvalue weighted by Crippen LogP contribution is 1.97. The maximum Gasteiger partial charge on any atom is -0.116 e. The minimum atomic E-state index is -3.37. The Morgan fingerprint density at radius 1 is 1.50 bits per heavy atom. The summed E-state index contributed by atoms with van der Waals surface area (Å²) in [7, 11) is -3.37. The average molecular weight is 79.0 g/mol. The molecule has 0 rings (SSSR count). The highest BCUT2D eigenvalue weighted by molar-refractivity contribution is 7.34. The first-order chi connectivity index (χ1) is 1.73. The van der Waals surface area contributed by atoms with Crippen LogP contribution < -0.4 is 9.79 Å². The zero-order valence-corrected chi connectivity index (χ0v) is 2.57. The van der Waals surface area contributed by atoms with Crippen LogP contribution in [0.2, 0.25) is 0 Å². The molecule has 0 aromatic rings.